The lowest BCUT2D eigenvalue weighted by Crippen LogP contribution is -2.22. The van der Waals surface area contributed by atoms with Crippen molar-refractivity contribution in [3.8, 4) is 28.5 Å². The van der Waals surface area contributed by atoms with E-state index in [0.717, 1.165) is 16.7 Å². The fourth-order valence-electron chi connectivity index (χ4n) is 3.67. The largest absolute Gasteiger partial charge is 0.338 e. The second kappa shape index (κ2) is 8.07. The van der Waals surface area contributed by atoms with Crippen LogP contribution in [0.3, 0.4) is 0 Å². The van der Waals surface area contributed by atoms with Gasteiger partial charge in [0, 0.05) is 5.56 Å². The first kappa shape index (κ1) is 21.5. The van der Waals surface area contributed by atoms with Crippen molar-refractivity contribution in [2.75, 3.05) is 7.05 Å². The fraction of sp³-hybridized carbons (Fsp3) is 0.174. The van der Waals surface area contributed by atoms with E-state index in [0.29, 0.717) is 16.9 Å². The summed E-state index contributed by atoms with van der Waals surface area (Å²) in [6.07, 6.45) is 1.37. The van der Waals surface area contributed by atoms with Crippen LogP contribution in [0.4, 0.5) is 0 Å². The molecule has 0 bridgehead atoms. The van der Waals surface area contributed by atoms with Crippen LogP contribution in [0, 0.1) is 11.3 Å². The van der Waals surface area contributed by atoms with E-state index in [1.165, 1.54) is 17.8 Å². The average molecular weight is 448 g/mol. The number of fused-ring (bicyclic) bond motifs is 1. The van der Waals surface area contributed by atoms with E-state index in [4.69, 9.17) is 0 Å². The van der Waals surface area contributed by atoms with Gasteiger partial charge in [-0.1, -0.05) is 44.2 Å². The van der Waals surface area contributed by atoms with E-state index in [9.17, 15) is 18.5 Å². The number of aromatic amines is 1. The molecule has 0 fully saturated rings. The number of sulfonamides is 1. The van der Waals surface area contributed by atoms with Crippen molar-refractivity contribution >= 4 is 15.7 Å². The van der Waals surface area contributed by atoms with Gasteiger partial charge in [0.05, 0.1) is 16.8 Å². The first-order valence-electron chi connectivity index (χ1n) is 9.95. The Hall–Kier alpha value is -3.74. The van der Waals surface area contributed by atoms with Crippen LogP contribution in [0.1, 0.15) is 30.9 Å². The molecule has 2 aromatic heterocycles. The number of hydrogen-bond acceptors (Lipinski definition) is 5. The average Bonchev–Trinajstić information content (AvgIpc) is 3.22. The molecule has 0 radical (unpaired) electrons. The molecule has 2 aromatic carbocycles. The van der Waals surface area contributed by atoms with E-state index in [1.807, 2.05) is 38.1 Å². The van der Waals surface area contributed by atoms with Gasteiger partial charge in [0.15, 0.2) is 5.65 Å². The standard InChI is InChI=1S/C23H21N5O3S/c1-14(2)20-21(27-22-18(12-24)13-26-28(22)23(20)29)17-6-4-5-16(11-17)15-7-9-19(10-8-15)32(30,31)25-3/h4-11,13-14,25,27H,1-3H3. The maximum Gasteiger partial charge on any atom is 0.278 e. The molecule has 0 atom stereocenters. The number of nitrogens with one attached hydrogen (secondary N) is 2. The summed E-state index contributed by atoms with van der Waals surface area (Å²) < 4.78 is 27.5. The van der Waals surface area contributed by atoms with E-state index in [-0.39, 0.29) is 21.9 Å². The minimum absolute atomic E-state index is 0.0809. The Kier molecular flexibility index (Phi) is 5.42. The van der Waals surface area contributed by atoms with Gasteiger partial charge in [-0.2, -0.15) is 14.9 Å². The summed E-state index contributed by atoms with van der Waals surface area (Å²) in [6.45, 7) is 3.86. The number of aromatic nitrogens is 3. The van der Waals surface area contributed by atoms with Gasteiger partial charge in [-0.15, -0.1) is 0 Å². The Labute approximate surface area is 185 Å². The number of H-pyrrole nitrogens is 1. The summed E-state index contributed by atoms with van der Waals surface area (Å²) in [7, 11) is -2.14. The van der Waals surface area contributed by atoms with Crippen LogP contribution < -0.4 is 10.3 Å². The van der Waals surface area contributed by atoms with Gasteiger partial charge in [-0.3, -0.25) is 4.79 Å². The second-order valence-electron chi connectivity index (χ2n) is 7.62. The highest BCUT2D eigenvalue weighted by molar-refractivity contribution is 7.89. The van der Waals surface area contributed by atoms with Crippen LogP contribution in [0.2, 0.25) is 0 Å². The van der Waals surface area contributed by atoms with Crippen LogP contribution in [-0.2, 0) is 10.0 Å². The molecule has 0 unspecified atom stereocenters. The Balaban J connectivity index is 1.88. The number of nitrogens with zero attached hydrogens (tertiary/aromatic N) is 3. The zero-order valence-corrected chi connectivity index (χ0v) is 18.6. The normalized spacial score (nSPS) is 11.7. The Bertz CT molecular complexity index is 1520. The molecule has 32 heavy (non-hydrogen) atoms. The van der Waals surface area contributed by atoms with Gasteiger partial charge in [0.25, 0.3) is 5.56 Å². The van der Waals surface area contributed by atoms with E-state index >= 15 is 0 Å². The minimum atomic E-state index is -3.51. The van der Waals surface area contributed by atoms with Crippen LogP contribution >= 0.6 is 0 Å². The third kappa shape index (κ3) is 3.60. The maximum atomic E-state index is 13.1. The van der Waals surface area contributed by atoms with Gasteiger partial charge in [-0.25, -0.2) is 13.1 Å². The molecule has 0 aliphatic rings. The molecule has 4 aromatic rings. The molecule has 0 saturated carbocycles. The molecule has 9 heteroatoms. The lowest BCUT2D eigenvalue weighted by Gasteiger charge is -2.14. The summed E-state index contributed by atoms with van der Waals surface area (Å²) in [5.74, 6) is -0.0809. The van der Waals surface area contributed by atoms with Crippen LogP contribution in [-0.4, -0.2) is 30.1 Å². The molecule has 2 heterocycles. The predicted molar refractivity (Wildman–Crippen MR) is 122 cm³/mol. The predicted octanol–water partition coefficient (Wildman–Crippen LogP) is 3.26. The summed E-state index contributed by atoms with van der Waals surface area (Å²) >= 11 is 0. The van der Waals surface area contributed by atoms with E-state index in [1.54, 1.807) is 24.3 Å². The summed E-state index contributed by atoms with van der Waals surface area (Å²) in [6, 6.07) is 16.2. The van der Waals surface area contributed by atoms with Crippen LogP contribution in [0.25, 0.3) is 28.0 Å². The van der Waals surface area contributed by atoms with Crippen molar-refractivity contribution in [2.24, 2.45) is 0 Å². The highest BCUT2D eigenvalue weighted by atomic mass is 32.2. The molecule has 4 rings (SSSR count). The minimum Gasteiger partial charge on any atom is -0.338 e. The topological polar surface area (TPSA) is 120 Å². The Morgan fingerprint density at radius 2 is 1.78 bits per heavy atom. The monoisotopic (exact) mass is 447 g/mol. The SMILES string of the molecule is CNS(=O)(=O)c1ccc(-c2cccc(-c3[nH]c4c(C#N)cnn4c(=O)c3C(C)C)c2)cc1. The summed E-state index contributed by atoms with van der Waals surface area (Å²) in [5, 5.41) is 13.4. The van der Waals surface area contributed by atoms with Gasteiger partial charge in [0.2, 0.25) is 10.0 Å². The number of nitriles is 1. The van der Waals surface area contributed by atoms with E-state index < -0.39 is 10.0 Å². The first-order valence-corrected chi connectivity index (χ1v) is 11.4. The molecular formula is C23H21N5O3S. The van der Waals surface area contributed by atoms with Crippen molar-refractivity contribution in [3.05, 3.63) is 76.2 Å². The molecule has 0 amide bonds. The summed E-state index contributed by atoms with van der Waals surface area (Å²) in [5.41, 5.74) is 4.04. The maximum absolute atomic E-state index is 13.1. The molecule has 0 spiro atoms. The van der Waals surface area contributed by atoms with Gasteiger partial charge >= 0.3 is 0 Å². The third-order valence-corrected chi connectivity index (χ3v) is 6.75. The molecular weight excluding hydrogens is 426 g/mol. The van der Waals surface area contributed by atoms with Crippen LogP contribution in [0.5, 0.6) is 0 Å². The lowest BCUT2D eigenvalue weighted by atomic mass is 9.95. The smallest absolute Gasteiger partial charge is 0.278 e. The van der Waals surface area contributed by atoms with Gasteiger partial charge in [-0.05, 0) is 47.9 Å². The first-order chi connectivity index (χ1) is 15.3. The van der Waals surface area contributed by atoms with Crippen molar-refractivity contribution in [1.82, 2.24) is 19.3 Å². The molecule has 2 N–H and O–H groups in total. The lowest BCUT2D eigenvalue weighted by molar-refractivity contribution is 0.588. The van der Waals surface area contributed by atoms with Crippen LogP contribution in [0.15, 0.2) is 64.4 Å². The van der Waals surface area contributed by atoms with E-state index in [2.05, 4.69) is 20.9 Å². The highest BCUT2D eigenvalue weighted by Crippen LogP contribution is 2.30. The van der Waals surface area contributed by atoms with Crippen molar-refractivity contribution in [1.29, 1.82) is 5.26 Å². The number of benzene rings is 2. The Morgan fingerprint density at radius 3 is 2.41 bits per heavy atom. The fourth-order valence-corrected chi connectivity index (χ4v) is 4.40. The number of rotatable bonds is 5. The summed E-state index contributed by atoms with van der Waals surface area (Å²) in [4.78, 5) is 16.5. The Morgan fingerprint density at radius 1 is 1.09 bits per heavy atom. The molecule has 0 saturated heterocycles. The van der Waals surface area contributed by atoms with Crippen molar-refractivity contribution in [3.63, 3.8) is 0 Å². The van der Waals surface area contributed by atoms with Crippen molar-refractivity contribution < 1.29 is 8.42 Å². The number of hydrogen-bond donors (Lipinski definition) is 2. The van der Waals surface area contributed by atoms with Gasteiger partial charge in [0.1, 0.15) is 11.6 Å². The quantitative estimate of drug-likeness (QED) is 0.487. The molecule has 0 aliphatic carbocycles. The molecule has 8 nitrogen and oxygen atoms in total. The second-order valence-corrected chi connectivity index (χ2v) is 9.50. The van der Waals surface area contributed by atoms with Gasteiger partial charge < -0.3 is 4.98 Å². The third-order valence-electron chi connectivity index (χ3n) is 5.32. The highest BCUT2D eigenvalue weighted by Gasteiger charge is 2.19. The van der Waals surface area contributed by atoms with Crippen molar-refractivity contribution in [2.45, 2.75) is 24.7 Å². The molecule has 0 aliphatic heterocycles. The molecule has 162 valence electrons. The zero-order chi connectivity index (χ0) is 23.0. The zero-order valence-electron chi connectivity index (χ0n) is 17.7.